The molecule has 0 atom stereocenters. The summed E-state index contributed by atoms with van der Waals surface area (Å²) in [5.41, 5.74) is -0.346. The minimum Gasteiger partial charge on any atom is -0.466 e. The van der Waals surface area contributed by atoms with Crippen LogP contribution >= 0.6 is 0 Å². The van der Waals surface area contributed by atoms with E-state index in [-0.39, 0.29) is 12.4 Å². The summed E-state index contributed by atoms with van der Waals surface area (Å²) in [5.74, 6) is -1.50. The molecule has 1 aliphatic rings. The molecule has 0 aliphatic carbocycles. The minimum atomic E-state index is -0.708. The SMILES string of the molecule is CCOC(=O)C1(Cc2ccc(F)cc2F)CCNCC1. The number of carbonyl (C=O) groups is 1. The van der Waals surface area contributed by atoms with Gasteiger partial charge in [-0.15, -0.1) is 0 Å². The molecule has 1 aromatic rings. The van der Waals surface area contributed by atoms with Crippen molar-refractivity contribution in [1.29, 1.82) is 0 Å². The van der Waals surface area contributed by atoms with Crippen molar-refractivity contribution in [1.82, 2.24) is 5.32 Å². The summed E-state index contributed by atoms with van der Waals surface area (Å²) >= 11 is 0. The number of halogens is 2. The van der Waals surface area contributed by atoms with Crippen molar-refractivity contribution >= 4 is 5.97 Å². The molecule has 1 aromatic carbocycles. The van der Waals surface area contributed by atoms with Crippen LogP contribution < -0.4 is 5.32 Å². The fraction of sp³-hybridized carbons (Fsp3) is 0.533. The molecule has 0 radical (unpaired) electrons. The summed E-state index contributed by atoms with van der Waals surface area (Å²) < 4.78 is 31.9. The van der Waals surface area contributed by atoms with E-state index in [9.17, 15) is 13.6 Å². The van der Waals surface area contributed by atoms with Gasteiger partial charge in [-0.25, -0.2) is 8.78 Å². The van der Waals surface area contributed by atoms with Crippen LogP contribution in [0.2, 0.25) is 0 Å². The summed E-state index contributed by atoms with van der Waals surface area (Å²) in [6, 6.07) is 3.49. The lowest BCUT2D eigenvalue weighted by Crippen LogP contribution is -2.44. The van der Waals surface area contributed by atoms with Crippen molar-refractivity contribution in [3.63, 3.8) is 0 Å². The Kier molecular flexibility index (Phi) is 4.70. The maximum absolute atomic E-state index is 13.8. The van der Waals surface area contributed by atoms with Gasteiger partial charge < -0.3 is 10.1 Å². The van der Waals surface area contributed by atoms with Crippen LogP contribution in [0.25, 0.3) is 0 Å². The zero-order valence-electron chi connectivity index (χ0n) is 11.5. The summed E-state index contributed by atoms with van der Waals surface area (Å²) in [7, 11) is 0. The van der Waals surface area contributed by atoms with Crippen LogP contribution in [0.1, 0.15) is 25.3 Å². The number of benzene rings is 1. The third kappa shape index (κ3) is 3.15. The third-order valence-electron chi connectivity index (χ3n) is 3.81. The number of carbonyl (C=O) groups excluding carboxylic acids is 1. The van der Waals surface area contributed by atoms with Crippen molar-refractivity contribution in [2.45, 2.75) is 26.2 Å². The Labute approximate surface area is 117 Å². The van der Waals surface area contributed by atoms with Crippen LogP contribution in [0.4, 0.5) is 8.78 Å². The standard InChI is InChI=1S/C15H19F2NO2/c1-2-20-14(19)15(5-7-18-8-6-15)10-11-3-4-12(16)9-13(11)17/h3-4,9,18H,2,5-8,10H2,1H3. The van der Waals surface area contributed by atoms with E-state index < -0.39 is 17.0 Å². The first kappa shape index (κ1) is 14.9. The summed E-state index contributed by atoms with van der Waals surface area (Å²) in [4.78, 5) is 12.3. The van der Waals surface area contributed by atoms with E-state index in [0.717, 1.165) is 6.07 Å². The number of piperidine rings is 1. The molecule has 20 heavy (non-hydrogen) atoms. The van der Waals surface area contributed by atoms with E-state index in [1.54, 1.807) is 6.92 Å². The van der Waals surface area contributed by atoms with Crippen LogP contribution in [-0.4, -0.2) is 25.7 Å². The van der Waals surface area contributed by atoms with Gasteiger partial charge in [0.25, 0.3) is 0 Å². The Morgan fingerprint density at radius 1 is 1.35 bits per heavy atom. The molecule has 0 aromatic heterocycles. The topological polar surface area (TPSA) is 38.3 Å². The number of ether oxygens (including phenoxy) is 1. The lowest BCUT2D eigenvalue weighted by Gasteiger charge is -2.35. The maximum Gasteiger partial charge on any atom is 0.312 e. The summed E-state index contributed by atoms with van der Waals surface area (Å²) in [5, 5.41) is 3.18. The van der Waals surface area contributed by atoms with Crippen LogP contribution in [-0.2, 0) is 16.0 Å². The first-order valence-electron chi connectivity index (χ1n) is 6.89. The molecule has 1 N–H and O–H groups in total. The Morgan fingerprint density at radius 2 is 2.05 bits per heavy atom. The predicted octanol–water partition coefficient (Wildman–Crippen LogP) is 2.44. The second-order valence-corrected chi connectivity index (χ2v) is 5.16. The third-order valence-corrected chi connectivity index (χ3v) is 3.81. The van der Waals surface area contributed by atoms with Gasteiger partial charge in [0.15, 0.2) is 0 Å². The molecule has 0 unspecified atom stereocenters. The summed E-state index contributed by atoms with van der Waals surface area (Å²) in [6.45, 7) is 3.45. The predicted molar refractivity (Wildman–Crippen MR) is 71.2 cm³/mol. The molecule has 3 nitrogen and oxygen atoms in total. The molecule has 0 saturated carbocycles. The van der Waals surface area contributed by atoms with E-state index in [1.165, 1.54) is 12.1 Å². The Balaban J connectivity index is 2.25. The highest BCUT2D eigenvalue weighted by atomic mass is 19.1. The van der Waals surface area contributed by atoms with E-state index in [4.69, 9.17) is 4.74 Å². The fourth-order valence-corrected chi connectivity index (χ4v) is 2.67. The average Bonchev–Trinajstić information content (AvgIpc) is 2.43. The molecule has 1 aliphatic heterocycles. The zero-order valence-corrected chi connectivity index (χ0v) is 11.5. The number of hydrogen-bond donors (Lipinski definition) is 1. The second kappa shape index (κ2) is 6.31. The zero-order chi connectivity index (χ0) is 14.6. The molecule has 0 bridgehead atoms. The van der Waals surface area contributed by atoms with Crippen LogP contribution in [0, 0.1) is 17.0 Å². The van der Waals surface area contributed by atoms with Crippen molar-refractivity contribution in [2.24, 2.45) is 5.41 Å². The minimum absolute atomic E-state index is 0.250. The second-order valence-electron chi connectivity index (χ2n) is 5.16. The lowest BCUT2D eigenvalue weighted by atomic mass is 9.74. The molecule has 2 rings (SSSR count). The van der Waals surface area contributed by atoms with Crippen LogP contribution in [0.15, 0.2) is 18.2 Å². The van der Waals surface area contributed by atoms with E-state index in [2.05, 4.69) is 5.32 Å². The van der Waals surface area contributed by atoms with Crippen molar-refractivity contribution in [3.8, 4) is 0 Å². The quantitative estimate of drug-likeness (QED) is 0.863. The highest BCUT2D eigenvalue weighted by Gasteiger charge is 2.41. The smallest absolute Gasteiger partial charge is 0.312 e. The highest BCUT2D eigenvalue weighted by molar-refractivity contribution is 5.77. The molecular formula is C15H19F2NO2. The van der Waals surface area contributed by atoms with Gasteiger partial charge in [0.1, 0.15) is 11.6 Å². The van der Waals surface area contributed by atoms with Gasteiger partial charge in [-0.1, -0.05) is 6.07 Å². The van der Waals surface area contributed by atoms with Crippen molar-refractivity contribution in [3.05, 3.63) is 35.4 Å². The Bertz CT molecular complexity index is 485. The van der Waals surface area contributed by atoms with E-state index in [0.29, 0.717) is 38.1 Å². The molecule has 1 fully saturated rings. The molecule has 110 valence electrons. The largest absolute Gasteiger partial charge is 0.466 e. The first-order chi connectivity index (χ1) is 9.57. The van der Waals surface area contributed by atoms with Crippen molar-refractivity contribution in [2.75, 3.05) is 19.7 Å². The van der Waals surface area contributed by atoms with Crippen molar-refractivity contribution < 1.29 is 18.3 Å². The number of nitrogens with one attached hydrogen (secondary N) is 1. The number of rotatable bonds is 4. The molecule has 0 spiro atoms. The van der Waals surface area contributed by atoms with Gasteiger partial charge >= 0.3 is 5.97 Å². The van der Waals surface area contributed by atoms with E-state index >= 15 is 0 Å². The lowest BCUT2D eigenvalue weighted by molar-refractivity contribution is -0.157. The molecule has 1 heterocycles. The van der Waals surface area contributed by atoms with Gasteiger partial charge in [0.2, 0.25) is 0 Å². The number of esters is 1. The molecule has 0 amide bonds. The van der Waals surface area contributed by atoms with Crippen LogP contribution in [0.3, 0.4) is 0 Å². The highest BCUT2D eigenvalue weighted by Crippen LogP contribution is 2.35. The Hall–Kier alpha value is -1.49. The van der Waals surface area contributed by atoms with Crippen LogP contribution in [0.5, 0.6) is 0 Å². The number of hydrogen-bond acceptors (Lipinski definition) is 3. The first-order valence-corrected chi connectivity index (χ1v) is 6.89. The van der Waals surface area contributed by atoms with Gasteiger partial charge in [-0.05, 0) is 50.9 Å². The van der Waals surface area contributed by atoms with Gasteiger partial charge in [0.05, 0.1) is 12.0 Å². The molecule has 5 heteroatoms. The maximum atomic E-state index is 13.8. The molecule has 1 saturated heterocycles. The summed E-state index contributed by atoms with van der Waals surface area (Å²) in [6.07, 6.45) is 1.45. The van der Waals surface area contributed by atoms with Gasteiger partial charge in [0, 0.05) is 6.07 Å². The molecular weight excluding hydrogens is 264 g/mol. The Morgan fingerprint density at radius 3 is 2.65 bits per heavy atom. The monoisotopic (exact) mass is 283 g/mol. The fourth-order valence-electron chi connectivity index (χ4n) is 2.67. The van der Waals surface area contributed by atoms with E-state index in [1.807, 2.05) is 0 Å². The van der Waals surface area contributed by atoms with Gasteiger partial charge in [-0.2, -0.15) is 0 Å². The average molecular weight is 283 g/mol. The van der Waals surface area contributed by atoms with Gasteiger partial charge in [-0.3, -0.25) is 4.79 Å². The normalized spacial score (nSPS) is 17.8.